The number of hydrogen-bond acceptors (Lipinski definition) is 3. The molecule has 2 N–H and O–H groups in total. The third-order valence-corrected chi connectivity index (χ3v) is 5.05. The molecule has 0 bridgehead atoms. The van der Waals surface area contributed by atoms with Gasteiger partial charge in [-0.05, 0) is 62.2 Å². The molecule has 2 heterocycles. The second-order valence-corrected chi connectivity index (χ2v) is 7.06. The molecule has 0 unspecified atom stereocenters. The molecule has 1 saturated heterocycles. The minimum Gasteiger partial charge on any atom is -0.348 e. The Hall–Kier alpha value is -2.68. The Morgan fingerprint density at radius 3 is 2.59 bits per heavy atom. The maximum Gasteiger partial charge on any atom is 0.419 e. The maximum atomic E-state index is 13.4. The molecule has 0 saturated carbocycles. The molecule has 0 aliphatic carbocycles. The SMILES string of the molecule is Cc1ccn(C2CCNCC2)c(=O)c1C(=O)NCc1ccc(F)c(C(F)(F)F)c1. The molecule has 1 amide bonds. The monoisotopic (exact) mass is 411 g/mol. The van der Waals surface area contributed by atoms with E-state index in [1.807, 2.05) is 0 Å². The molecule has 156 valence electrons. The minimum absolute atomic E-state index is 0.0117. The molecule has 0 radical (unpaired) electrons. The average molecular weight is 411 g/mol. The zero-order chi connectivity index (χ0) is 21.2. The number of benzene rings is 1. The van der Waals surface area contributed by atoms with Gasteiger partial charge in [-0.3, -0.25) is 9.59 Å². The lowest BCUT2D eigenvalue weighted by molar-refractivity contribution is -0.140. The van der Waals surface area contributed by atoms with Gasteiger partial charge in [-0.2, -0.15) is 13.2 Å². The number of carbonyl (C=O) groups is 1. The van der Waals surface area contributed by atoms with Crippen LogP contribution < -0.4 is 16.2 Å². The van der Waals surface area contributed by atoms with Crippen LogP contribution in [0, 0.1) is 12.7 Å². The van der Waals surface area contributed by atoms with E-state index in [0.29, 0.717) is 17.7 Å². The Balaban J connectivity index is 1.80. The van der Waals surface area contributed by atoms with Gasteiger partial charge in [0.2, 0.25) is 0 Å². The number of aryl methyl sites for hydroxylation is 1. The van der Waals surface area contributed by atoms with Crippen LogP contribution in [-0.4, -0.2) is 23.6 Å². The summed E-state index contributed by atoms with van der Waals surface area (Å²) >= 11 is 0. The van der Waals surface area contributed by atoms with Gasteiger partial charge in [0.05, 0.1) is 5.56 Å². The normalized spacial score (nSPS) is 15.3. The summed E-state index contributed by atoms with van der Waals surface area (Å²) in [5.74, 6) is -2.05. The first kappa shape index (κ1) is 21.0. The number of carbonyl (C=O) groups excluding carboxylic acids is 1. The fraction of sp³-hybridized carbons (Fsp3) is 0.400. The molecule has 1 aliphatic heterocycles. The van der Waals surface area contributed by atoms with Gasteiger partial charge in [-0.25, -0.2) is 4.39 Å². The lowest BCUT2D eigenvalue weighted by Crippen LogP contribution is -2.38. The summed E-state index contributed by atoms with van der Waals surface area (Å²) in [6, 6.07) is 4.19. The van der Waals surface area contributed by atoms with Gasteiger partial charge < -0.3 is 15.2 Å². The van der Waals surface area contributed by atoms with Crippen LogP contribution in [0.5, 0.6) is 0 Å². The number of aromatic nitrogens is 1. The zero-order valence-electron chi connectivity index (χ0n) is 15.8. The van der Waals surface area contributed by atoms with Crippen LogP contribution in [0.1, 0.15) is 45.9 Å². The third-order valence-electron chi connectivity index (χ3n) is 5.05. The Bertz CT molecular complexity index is 963. The van der Waals surface area contributed by atoms with E-state index in [1.54, 1.807) is 23.8 Å². The highest BCUT2D eigenvalue weighted by Gasteiger charge is 2.34. The van der Waals surface area contributed by atoms with Crippen molar-refractivity contribution in [2.45, 2.75) is 38.5 Å². The fourth-order valence-electron chi connectivity index (χ4n) is 3.46. The number of amides is 1. The highest BCUT2D eigenvalue weighted by atomic mass is 19.4. The summed E-state index contributed by atoms with van der Waals surface area (Å²) in [6.07, 6.45) is -1.64. The fourth-order valence-corrected chi connectivity index (χ4v) is 3.46. The lowest BCUT2D eigenvalue weighted by atomic mass is 10.0. The predicted octanol–water partition coefficient (Wildman–Crippen LogP) is 3.17. The smallest absolute Gasteiger partial charge is 0.348 e. The first-order valence-electron chi connectivity index (χ1n) is 9.24. The van der Waals surface area contributed by atoms with Crippen LogP contribution >= 0.6 is 0 Å². The van der Waals surface area contributed by atoms with E-state index >= 15 is 0 Å². The van der Waals surface area contributed by atoms with Crippen LogP contribution in [-0.2, 0) is 12.7 Å². The summed E-state index contributed by atoms with van der Waals surface area (Å²) in [4.78, 5) is 25.5. The Labute approximate surface area is 164 Å². The minimum atomic E-state index is -4.83. The Morgan fingerprint density at radius 1 is 1.24 bits per heavy atom. The van der Waals surface area contributed by atoms with Crippen molar-refractivity contribution in [2.75, 3.05) is 13.1 Å². The number of halogens is 4. The lowest BCUT2D eigenvalue weighted by Gasteiger charge is -2.25. The van der Waals surface area contributed by atoms with Gasteiger partial charge >= 0.3 is 6.18 Å². The number of pyridine rings is 1. The molecule has 1 aliphatic rings. The van der Waals surface area contributed by atoms with Crippen LogP contribution in [0.3, 0.4) is 0 Å². The van der Waals surface area contributed by atoms with E-state index in [-0.39, 0.29) is 23.7 Å². The van der Waals surface area contributed by atoms with E-state index in [4.69, 9.17) is 0 Å². The Kier molecular flexibility index (Phi) is 6.07. The van der Waals surface area contributed by atoms with Gasteiger partial charge in [0, 0.05) is 18.8 Å². The van der Waals surface area contributed by atoms with Crippen LogP contribution in [0.15, 0.2) is 35.3 Å². The Morgan fingerprint density at radius 2 is 1.93 bits per heavy atom. The first-order chi connectivity index (χ1) is 13.7. The van der Waals surface area contributed by atoms with E-state index in [1.165, 1.54) is 0 Å². The van der Waals surface area contributed by atoms with Gasteiger partial charge in [-0.1, -0.05) is 6.07 Å². The molecular weight excluding hydrogens is 390 g/mol. The highest BCUT2D eigenvalue weighted by Crippen LogP contribution is 2.31. The molecule has 2 aromatic rings. The average Bonchev–Trinajstić information content (AvgIpc) is 2.67. The molecule has 1 aromatic carbocycles. The van der Waals surface area contributed by atoms with Crippen LogP contribution in [0.4, 0.5) is 17.6 Å². The molecular formula is C20H21F4N3O2. The van der Waals surface area contributed by atoms with Gasteiger partial charge in [0.25, 0.3) is 11.5 Å². The summed E-state index contributed by atoms with van der Waals surface area (Å²) in [5.41, 5.74) is -1.30. The maximum absolute atomic E-state index is 13.4. The van der Waals surface area contributed by atoms with Crippen molar-refractivity contribution in [1.82, 2.24) is 15.2 Å². The summed E-state index contributed by atoms with van der Waals surface area (Å²) in [7, 11) is 0. The molecule has 0 atom stereocenters. The van der Waals surface area contributed by atoms with Crippen molar-refractivity contribution in [1.29, 1.82) is 0 Å². The van der Waals surface area contributed by atoms with Gasteiger partial charge in [-0.15, -0.1) is 0 Å². The number of nitrogens with zero attached hydrogens (tertiary/aromatic N) is 1. The number of hydrogen-bond donors (Lipinski definition) is 2. The number of piperidine rings is 1. The summed E-state index contributed by atoms with van der Waals surface area (Å²) < 4.78 is 53.5. The van der Waals surface area contributed by atoms with Crippen molar-refractivity contribution in [3.8, 4) is 0 Å². The van der Waals surface area contributed by atoms with Crippen molar-refractivity contribution in [3.05, 3.63) is 68.9 Å². The number of alkyl halides is 3. The molecule has 29 heavy (non-hydrogen) atoms. The molecule has 1 aromatic heterocycles. The molecule has 5 nitrogen and oxygen atoms in total. The van der Waals surface area contributed by atoms with Gasteiger partial charge in [0.15, 0.2) is 0 Å². The van der Waals surface area contributed by atoms with Crippen molar-refractivity contribution in [2.24, 2.45) is 0 Å². The van der Waals surface area contributed by atoms with E-state index < -0.39 is 29.0 Å². The predicted molar refractivity (Wildman–Crippen MR) is 99.2 cm³/mol. The molecule has 0 spiro atoms. The second kappa shape index (κ2) is 8.36. The van der Waals surface area contributed by atoms with Crippen LogP contribution in [0.25, 0.3) is 0 Å². The quantitative estimate of drug-likeness (QED) is 0.760. The number of nitrogens with one attached hydrogen (secondary N) is 2. The number of rotatable bonds is 4. The summed E-state index contributed by atoms with van der Waals surface area (Å²) in [5, 5.41) is 5.68. The summed E-state index contributed by atoms with van der Waals surface area (Å²) in [6.45, 7) is 2.92. The second-order valence-electron chi connectivity index (χ2n) is 7.06. The van der Waals surface area contributed by atoms with E-state index in [9.17, 15) is 27.2 Å². The van der Waals surface area contributed by atoms with E-state index in [0.717, 1.165) is 32.0 Å². The highest BCUT2D eigenvalue weighted by molar-refractivity contribution is 5.95. The van der Waals surface area contributed by atoms with Crippen LogP contribution in [0.2, 0.25) is 0 Å². The topological polar surface area (TPSA) is 63.1 Å². The van der Waals surface area contributed by atoms with Crippen molar-refractivity contribution >= 4 is 5.91 Å². The van der Waals surface area contributed by atoms with Gasteiger partial charge in [0.1, 0.15) is 11.4 Å². The molecule has 9 heteroatoms. The molecule has 1 fully saturated rings. The third kappa shape index (κ3) is 4.67. The zero-order valence-corrected chi connectivity index (χ0v) is 15.8. The largest absolute Gasteiger partial charge is 0.419 e. The van der Waals surface area contributed by atoms with E-state index in [2.05, 4.69) is 10.6 Å². The standard InChI is InChI=1S/C20H21F4N3O2/c1-12-6-9-27(14-4-7-25-8-5-14)19(29)17(12)18(28)26-11-13-2-3-16(21)15(10-13)20(22,23)24/h2-3,6,9-10,14,25H,4-5,7-8,11H2,1H3,(H,26,28). The van der Waals surface area contributed by atoms with Crippen molar-refractivity contribution in [3.63, 3.8) is 0 Å². The molecule has 3 rings (SSSR count). The van der Waals surface area contributed by atoms with Crippen molar-refractivity contribution < 1.29 is 22.4 Å². The first-order valence-corrected chi connectivity index (χ1v) is 9.24.